The second-order valence-electron chi connectivity index (χ2n) is 19.0. The third-order valence-electron chi connectivity index (χ3n) is 13.2. The molecule has 16 heteroatoms. The van der Waals surface area contributed by atoms with Crippen molar-refractivity contribution in [1.82, 2.24) is 14.6 Å². The number of carbonyl (C=O) groups excluding carboxylic acids is 4. The molecule has 336 valence electrons. The molecule has 13 nitrogen and oxygen atoms in total. The van der Waals surface area contributed by atoms with Gasteiger partial charge >= 0.3 is 5.97 Å². The van der Waals surface area contributed by atoms with E-state index in [1.807, 2.05) is 39.8 Å². The van der Waals surface area contributed by atoms with Crippen molar-refractivity contribution in [3.8, 4) is 17.5 Å². The lowest BCUT2D eigenvalue weighted by Crippen LogP contribution is -2.49. The quantitative estimate of drug-likeness (QED) is 0.167. The van der Waals surface area contributed by atoms with E-state index in [1.54, 1.807) is 38.3 Å². The van der Waals surface area contributed by atoms with Gasteiger partial charge in [-0.25, -0.2) is 17.2 Å². The Hall–Kier alpha value is -4.34. The Labute approximate surface area is 357 Å². The zero-order valence-corrected chi connectivity index (χ0v) is 37.5. The number of benzene rings is 1. The van der Waals surface area contributed by atoms with Crippen LogP contribution in [0.15, 0.2) is 36.4 Å². The number of allylic oxidation sites excluding steroid dienone is 2. The van der Waals surface area contributed by atoms with Crippen molar-refractivity contribution in [1.29, 1.82) is 0 Å². The summed E-state index contributed by atoms with van der Waals surface area (Å²) in [4.78, 5) is 63.5. The third kappa shape index (κ3) is 9.99. The number of amides is 2. The van der Waals surface area contributed by atoms with E-state index in [-0.39, 0.29) is 49.6 Å². The van der Waals surface area contributed by atoms with Crippen molar-refractivity contribution in [3.63, 3.8) is 0 Å². The maximum atomic E-state index is 15.0. The van der Waals surface area contributed by atoms with Crippen LogP contribution in [0, 0.1) is 29.1 Å². The average Bonchev–Trinajstić information content (AvgIpc) is 4.04. The van der Waals surface area contributed by atoms with E-state index in [9.17, 15) is 31.6 Å². The summed E-state index contributed by atoms with van der Waals surface area (Å²) in [7, 11) is -2.47. The van der Waals surface area contributed by atoms with Crippen LogP contribution in [0.3, 0.4) is 0 Å². The topological polar surface area (TPSA) is 167 Å². The summed E-state index contributed by atoms with van der Waals surface area (Å²) in [6.45, 7) is 11.9. The first-order valence-electron chi connectivity index (χ1n) is 21.4. The van der Waals surface area contributed by atoms with Crippen LogP contribution in [0.4, 0.5) is 8.78 Å². The summed E-state index contributed by atoms with van der Waals surface area (Å²) in [5, 5.41) is 1.32. The molecule has 2 saturated carbocycles. The number of halogens is 2. The van der Waals surface area contributed by atoms with Crippen molar-refractivity contribution in [3.05, 3.63) is 36.4 Å². The maximum absolute atomic E-state index is 15.0. The Bertz CT molecular complexity index is 2170. The van der Waals surface area contributed by atoms with Crippen LogP contribution in [0.25, 0.3) is 10.8 Å². The number of hydrogen-bond acceptors (Lipinski definition) is 11. The number of hydrogen-bond donors (Lipinski definition) is 1. The van der Waals surface area contributed by atoms with E-state index in [4.69, 9.17) is 18.9 Å². The maximum Gasteiger partial charge on any atom is 0.307 e. The first-order chi connectivity index (χ1) is 28.4. The third-order valence-corrected chi connectivity index (χ3v) is 15.4. The molecule has 3 heterocycles. The van der Waals surface area contributed by atoms with Crippen molar-refractivity contribution >= 4 is 44.4 Å². The Morgan fingerprint density at radius 1 is 1.08 bits per heavy atom. The predicted molar refractivity (Wildman–Crippen MR) is 224 cm³/mol. The number of ether oxygens (including phenoxy) is 4. The summed E-state index contributed by atoms with van der Waals surface area (Å²) >= 11 is 0. The number of methoxy groups -OCH3 is 1. The van der Waals surface area contributed by atoms with Crippen LogP contribution < -0.4 is 18.9 Å². The molecule has 2 aliphatic heterocycles. The van der Waals surface area contributed by atoms with Crippen LogP contribution in [-0.4, -0.2) is 90.0 Å². The van der Waals surface area contributed by atoms with E-state index in [2.05, 4.69) is 9.71 Å². The molecule has 0 spiro atoms. The minimum atomic E-state index is -4.02. The lowest BCUT2D eigenvalue weighted by molar-refractivity contribution is -0.197. The van der Waals surface area contributed by atoms with Crippen molar-refractivity contribution in [2.45, 2.75) is 148 Å². The fourth-order valence-corrected chi connectivity index (χ4v) is 9.87. The Morgan fingerprint density at radius 3 is 2.43 bits per heavy atom. The number of esters is 1. The number of aromatic nitrogens is 1. The Balaban J connectivity index is 1.38. The molecule has 0 unspecified atom stereocenters. The van der Waals surface area contributed by atoms with Crippen molar-refractivity contribution in [2.75, 3.05) is 13.7 Å². The highest BCUT2D eigenvalue weighted by molar-refractivity contribution is 7.91. The molecule has 3 fully saturated rings. The van der Waals surface area contributed by atoms with Crippen LogP contribution in [0.2, 0.25) is 0 Å². The minimum absolute atomic E-state index is 0.00915. The van der Waals surface area contributed by atoms with Gasteiger partial charge in [0, 0.05) is 31.2 Å². The summed E-state index contributed by atoms with van der Waals surface area (Å²) in [5.41, 5.74) is -3.52. The summed E-state index contributed by atoms with van der Waals surface area (Å²) in [6, 6.07) is 5.95. The zero-order valence-electron chi connectivity index (χ0n) is 36.7. The first kappa shape index (κ1) is 46.2. The molecule has 61 heavy (non-hydrogen) atoms. The van der Waals surface area contributed by atoms with Gasteiger partial charge in [-0.3, -0.25) is 23.9 Å². The van der Waals surface area contributed by atoms with Gasteiger partial charge < -0.3 is 23.8 Å². The molecule has 2 aromatic rings. The molecule has 1 aromatic carbocycles. The first-order valence-corrected chi connectivity index (χ1v) is 22.9. The van der Waals surface area contributed by atoms with Crippen molar-refractivity contribution < 1.29 is 55.3 Å². The fraction of sp³-hybridized carbons (Fsp3) is 0.667. The van der Waals surface area contributed by atoms with Gasteiger partial charge in [-0.05, 0) is 114 Å². The molecule has 7 atom stereocenters. The summed E-state index contributed by atoms with van der Waals surface area (Å²) in [5.74, 6) is -6.90. The molecule has 0 bridgehead atoms. The van der Waals surface area contributed by atoms with Gasteiger partial charge in [0.05, 0.1) is 48.3 Å². The molecule has 1 aromatic heterocycles. The number of sulfonamides is 1. The molecular formula is C45H61F2N3O10S. The van der Waals surface area contributed by atoms with Gasteiger partial charge in [-0.1, -0.05) is 26.0 Å². The summed E-state index contributed by atoms with van der Waals surface area (Å²) < 4.78 is 80.1. The number of fused-ring (bicyclic) bond motifs is 3. The molecule has 1 N–H and O–H groups in total. The molecule has 2 amide bonds. The number of carbonyl (C=O) groups is 4. The Kier molecular flexibility index (Phi) is 12.9. The van der Waals surface area contributed by atoms with Gasteiger partial charge in [0.15, 0.2) is 11.4 Å². The number of Topliss-reactive ketones (excluding diaryl/α,β-unsaturated/α-hetero) is 1. The standard InChI is InChI=1S/C45H61F2N3O10S/c1-26(2)58-37-20-29-19-31(57-9)14-15-33(29)39(48-37)59-32-21-35-36(51)24-45(41(54)49-61(55,56)43(7)16-17-43)23-30(45)13-11-10-12-27(3)18-28(4)34(40(53)50(35)25-32)22-38(52)60-42(5,6)44(8,46)47/h11,13-15,19-20,26-28,30,32,34-35H,10,12,16-18,21-25H2,1-9H3,(H,49,54)/b13-11-/t27-,28+,30+,32+,34-,35-,45+/m0/s1. The van der Waals surface area contributed by atoms with Gasteiger partial charge in [-0.2, -0.15) is 4.98 Å². The highest BCUT2D eigenvalue weighted by Gasteiger charge is 2.63. The van der Waals surface area contributed by atoms with Crippen LogP contribution >= 0.6 is 0 Å². The fourth-order valence-electron chi connectivity index (χ4n) is 8.54. The Morgan fingerprint density at radius 2 is 1.79 bits per heavy atom. The smallest absolute Gasteiger partial charge is 0.307 e. The predicted octanol–water partition coefficient (Wildman–Crippen LogP) is 7.34. The number of nitrogens with zero attached hydrogens (tertiary/aromatic N) is 2. The van der Waals surface area contributed by atoms with E-state index < -0.39 is 91.6 Å². The number of alkyl halides is 2. The second-order valence-corrected chi connectivity index (χ2v) is 21.2. The van der Waals surface area contributed by atoms with Crippen LogP contribution in [0.5, 0.6) is 17.5 Å². The molecule has 0 radical (unpaired) electrons. The van der Waals surface area contributed by atoms with E-state index in [1.165, 1.54) is 4.90 Å². The van der Waals surface area contributed by atoms with E-state index >= 15 is 4.79 Å². The van der Waals surface area contributed by atoms with Gasteiger partial charge in [0.2, 0.25) is 33.6 Å². The molecule has 1 saturated heterocycles. The second kappa shape index (κ2) is 17.1. The highest BCUT2D eigenvalue weighted by atomic mass is 32.2. The molecule has 2 aliphatic carbocycles. The number of ketones is 1. The van der Waals surface area contributed by atoms with Gasteiger partial charge in [0.1, 0.15) is 11.9 Å². The number of nitrogens with one attached hydrogen (secondary N) is 1. The minimum Gasteiger partial charge on any atom is -0.497 e. The SMILES string of the molecule is COc1ccc2c(O[C@@H]3C[C@H]4C(=O)C[C@]5(C(=O)NS(=O)(=O)C6(C)CC6)C[C@H]5/C=C\CC[C@H](C)C[C@@H](C)[C@H](CC(=O)OC(C)(C)C(C)(F)F)C(=O)N4C3)nc(OC(C)C)cc2c1. The molecule has 4 aliphatic rings. The van der Waals surface area contributed by atoms with E-state index in [0.717, 1.165) is 13.8 Å². The van der Waals surface area contributed by atoms with Crippen LogP contribution in [0.1, 0.15) is 113 Å². The van der Waals surface area contributed by atoms with Crippen LogP contribution in [-0.2, 0) is 33.9 Å². The number of rotatable bonds is 12. The largest absolute Gasteiger partial charge is 0.497 e. The molecular weight excluding hydrogens is 813 g/mol. The highest BCUT2D eigenvalue weighted by Crippen LogP contribution is 2.58. The lowest BCUT2D eigenvalue weighted by Gasteiger charge is -2.34. The van der Waals surface area contributed by atoms with Gasteiger partial charge in [-0.15, -0.1) is 0 Å². The van der Waals surface area contributed by atoms with Gasteiger partial charge in [0.25, 0.3) is 5.92 Å². The van der Waals surface area contributed by atoms with E-state index in [0.29, 0.717) is 55.5 Å². The monoisotopic (exact) mass is 873 g/mol. The molecule has 6 rings (SSSR count). The average molecular weight is 874 g/mol. The zero-order chi connectivity index (χ0) is 44.9. The number of pyridine rings is 1. The normalized spacial score (nSPS) is 28.8. The summed E-state index contributed by atoms with van der Waals surface area (Å²) in [6.07, 6.45) is 4.85. The lowest BCUT2D eigenvalue weighted by atomic mass is 9.82. The van der Waals surface area contributed by atoms with Crippen molar-refractivity contribution in [2.24, 2.45) is 29.1 Å².